The first-order valence-electron chi connectivity index (χ1n) is 15.5. The smallest absolute Gasteiger partial charge is 0.407 e. The Morgan fingerprint density at radius 1 is 1.28 bits per heavy atom. The third-order valence-corrected chi connectivity index (χ3v) is 8.84. The third-order valence-electron chi connectivity index (χ3n) is 8.54. The number of hydrogen-bond donors (Lipinski definition) is 3. The van der Waals surface area contributed by atoms with Crippen LogP contribution in [0.15, 0.2) is 36.4 Å². The van der Waals surface area contributed by atoms with Crippen molar-refractivity contribution in [2.24, 2.45) is 5.92 Å². The van der Waals surface area contributed by atoms with Crippen LogP contribution in [0, 0.1) is 5.92 Å². The Hall–Kier alpha value is -4.13. The van der Waals surface area contributed by atoms with Crippen molar-refractivity contribution in [3.63, 3.8) is 0 Å². The molecule has 1 saturated carbocycles. The molecule has 1 aromatic heterocycles. The number of nitrogens with zero attached hydrogens (tertiary/aromatic N) is 2. The number of nitrogens with one attached hydrogen (secondary N) is 2. The number of amides is 3. The van der Waals surface area contributed by atoms with Gasteiger partial charge in [0.25, 0.3) is 0 Å². The molecule has 3 aliphatic rings. The van der Waals surface area contributed by atoms with Gasteiger partial charge in [0.1, 0.15) is 36.7 Å². The van der Waals surface area contributed by atoms with Crippen LogP contribution in [0.5, 0.6) is 11.6 Å². The Balaban J connectivity index is 1.43. The third kappa shape index (κ3) is 7.46. The number of alkyl carbamates (subject to hydrolysis) is 1. The van der Waals surface area contributed by atoms with Crippen LogP contribution < -0.4 is 20.1 Å². The van der Waals surface area contributed by atoms with E-state index in [1.54, 1.807) is 24.3 Å². The molecule has 248 valence electrons. The molecule has 0 unspecified atom stereocenters. The minimum absolute atomic E-state index is 0.0215. The van der Waals surface area contributed by atoms with E-state index in [0.717, 1.165) is 6.42 Å². The Morgan fingerprint density at radius 2 is 2.11 bits per heavy atom. The fraction of sp³-hybridized carbons (Fsp3) is 0.531. The highest BCUT2D eigenvalue weighted by atomic mass is 35.5. The molecular weight excluding hydrogens is 623 g/mol. The van der Waals surface area contributed by atoms with Crippen LogP contribution in [-0.4, -0.2) is 89.0 Å². The van der Waals surface area contributed by atoms with Crippen molar-refractivity contribution in [1.82, 2.24) is 20.5 Å². The van der Waals surface area contributed by atoms with Crippen molar-refractivity contribution in [1.29, 1.82) is 0 Å². The molecule has 1 aliphatic carbocycles. The number of alkyl halides is 1. The van der Waals surface area contributed by atoms with E-state index in [1.165, 1.54) is 4.90 Å². The van der Waals surface area contributed by atoms with Gasteiger partial charge in [0.15, 0.2) is 0 Å². The minimum Gasteiger partial charge on any atom is -0.488 e. The molecule has 2 aliphatic heterocycles. The Morgan fingerprint density at radius 3 is 2.87 bits per heavy atom. The molecule has 5 atom stereocenters. The highest BCUT2D eigenvalue weighted by molar-refractivity contribution is 6.35. The fourth-order valence-electron chi connectivity index (χ4n) is 6.14. The molecule has 0 bridgehead atoms. The number of carbonyl (C=O) groups excluding carboxylic acids is 3. The van der Waals surface area contributed by atoms with Crippen LogP contribution in [0.25, 0.3) is 10.9 Å². The van der Waals surface area contributed by atoms with Gasteiger partial charge in [-0.25, -0.2) is 19.0 Å². The summed E-state index contributed by atoms with van der Waals surface area (Å²) in [5, 5.41) is 16.5. The van der Waals surface area contributed by atoms with Crippen molar-refractivity contribution in [2.75, 3.05) is 26.4 Å². The maximum absolute atomic E-state index is 13.8. The zero-order chi connectivity index (χ0) is 32.8. The van der Waals surface area contributed by atoms with Crippen LogP contribution in [0.3, 0.4) is 0 Å². The number of carboxylic acid groups (broad SMARTS) is 1. The number of ether oxygens (including phenoxy) is 3. The average molecular weight is 661 g/mol. The number of carbonyl (C=O) groups is 4. The number of hydrogen-bond acceptors (Lipinski definition) is 8. The molecule has 3 heterocycles. The molecule has 14 heteroatoms. The first-order valence-corrected chi connectivity index (χ1v) is 15.9. The van der Waals surface area contributed by atoms with Crippen molar-refractivity contribution in [2.45, 2.75) is 75.6 Å². The number of benzene rings is 1. The second kappa shape index (κ2) is 14.5. The van der Waals surface area contributed by atoms with E-state index in [4.69, 9.17) is 25.8 Å². The summed E-state index contributed by atoms with van der Waals surface area (Å²) in [4.78, 5) is 58.1. The lowest BCUT2D eigenvalue weighted by Crippen LogP contribution is -2.53. The van der Waals surface area contributed by atoms with E-state index in [2.05, 4.69) is 15.6 Å². The monoisotopic (exact) mass is 660 g/mol. The molecule has 3 amide bonds. The van der Waals surface area contributed by atoms with Gasteiger partial charge in [0.2, 0.25) is 17.7 Å². The molecule has 46 heavy (non-hydrogen) atoms. The Bertz CT molecular complexity index is 1510. The van der Waals surface area contributed by atoms with E-state index in [-0.39, 0.29) is 31.7 Å². The molecule has 2 fully saturated rings. The van der Waals surface area contributed by atoms with Crippen molar-refractivity contribution in [3.05, 3.63) is 41.4 Å². The molecule has 0 spiro atoms. The van der Waals surface area contributed by atoms with E-state index < -0.39 is 60.9 Å². The lowest BCUT2D eigenvalue weighted by atomic mass is 10.0. The van der Waals surface area contributed by atoms with Gasteiger partial charge < -0.3 is 34.9 Å². The number of halogens is 2. The first-order chi connectivity index (χ1) is 22.1. The number of carboxylic acids is 1. The maximum atomic E-state index is 13.8. The number of aromatic nitrogens is 1. The van der Waals surface area contributed by atoms with E-state index >= 15 is 0 Å². The summed E-state index contributed by atoms with van der Waals surface area (Å²) in [6.07, 6.45) is 4.92. The summed E-state index contributed by atoms with van der Waals surface area (Å²) < 4.78 is 29.5. The van der Waals surface area contributed by atoms with Crippen LogP contribution in [0.2, 0.25) is 5.02 Å². The standard InChI is InChI=1S/C32H38ClFN4O8/c1-2-44-26-16-25(22-10-7-11-23(33)28(22)36-26)46-21-15-24-29(40)37-32(30(41)42)17-19(32)8-5-3-4-6-9-20(14-27(39)38(24)18-21)35-31(43)45-13-12-34/h5,7-8,10-11,16,19-21,24H,2-4,6,9,12-15,17-18H2,1H3,(H,35,43)(H,37,40)(H,41,42)/b8-5-/t19-,20-,21+,24-,32+/m0/s1. The van der Waals surface area contributed by atoms with Gasteiger partial charge in [0, 0.05) is 36.3 Å². The largest absolute Gasteiger partial charge is 0.488 e. The summed E-state index contributed by atoms with van der Waals surface area (Å²) in [6.45, 7) is 0.955. The van der Waals surface area contributed by atoms with E-state index in [9.17, 15) is 28.7 Å². The first kappa shape index (κ1) is 33.2. The van der Waals surface area contributed by atoms with Crippen molar-refractivity contribution in [3.8, 4) is 11.6 Å². The second-order valence-corrected chi connectivity index (χ2v) is 12.1. The summed E-state index contributed by atoms with van der Waals surface area (Å²) in [7, 11) is 0. The van der Waals surface area contributed by atoms with Crippen LogP contribution >= 0.6 is 11.6 Å². The number of allylic oxidation sites excluding steroid dienone is 1. The SMILES string of the molecule is CCOc1cc(O[C@@H]2C[C@H]3C(=O)N[C@]4(C(=O)O)C[C@@H]4/C=C\CCCC[C@H](NC(=O)OCCF)CC(=O)N3C2)c2cccc(Cl)c2n1. The summed E-state index contributed by atoms with van der Waals surface area (Å²) in [5.41, 5.74) is -0.979. The van der Waals surface area contributed by atoms with Crippen LogP contribution in [0.1, 0.15) is 51.9 Å². The number of pyridine rings is 1. The van der Waals surface area contributed by atoms with Gasteiger partial charge in [-0.15, -0.1) is 0 Å². The zero-order valence-corrected chi connectivity index (χ0v) is 26.3. The van der Waals surface area contributed by atoms with Crippen molar-refractivity contribution < 1.29 is 42.9 Å². The van der Waals surface area contributed by atoms with Gasteiger partial charge in [-0.05, 0) is 44.7 Å². The number of fused-ring (bicyclic) bond motifs is 3. The van der Waals surface area contributed by atoms with E-state index in [1.807, 2.05) is 19.1 Å². The number of para-hydroxylation sites is 1. The van der Waals surface area contributed by atoms with Crippen molar-refractivity contribution >= 4 is 46.4 Å². The van der Waals surface area contributed by atoms with Gasteiger partial charge >= 0.3 is 12.1 Å². The van der Waals surface area contributed by atoms with Gasteiger partial charge in [-0.2, -0.15) is 0 Å². The molecule has 5 rings (SSSR count). The Labute approximate surface area is 270 Å². The highest BCUT2D eigenvalue weighted by Crippen LogP contribution is 2.45. The summed E-state index contributed by atoms with van der Waals surface area (Å²) in [6, 6.07) is 5.21. The molecule has 0 radical (unpaired) electrons. The highest BCUT2D eigenvalue weighted by Gasteiger charge is 2.61. The quantitative estimate of drug-likeness (QED) is 0.354. The summed E-state index contributed by atoms with van der Waals surface area (Å²) >= 11 is 6.43. The van der Waals surface area contributed by atoms with Gasteiger partial charge in [-0.1, -0.05) is 36.2 Å². The lowest BCUT2D eigenvalue weighted by molar-refractivity contribution is -0.145. The van der Waals surface area contributed by atoms with E-state index in [0.29, 0.717) is 53.4 Å². The van der Waals surface area contributed by atoms with Crippen LogP contribution in [0.4, 0.5) is 9.18 Å². The Kier molecular flexibility index (Phi) is 10.5. The molecule has 12 nitrogen and oxygen atoms in total. The zero-order valence-electron chi connectivity index (χ0n) is 25.5. The van der Waals surface area contributed by atoms with Crippen LogP contribution in [-0.2, 0) is 19.1 Å². The average Bonchev–Trinajstić information content (AvgIpc) is 3.55. The predicted octanol–water partition coefficient (Wildman–Crippen LogP) is 4.18. The molecule has 1 aromatic carbocycles. The number of aliphatic carboxylic acids is 1. The number of rotatable bonds is 8. The lowest BCUT2D eigenvalue weighted by Gasteiger charge is -2.27. The van der Waals surface area contributed by atoms with Gasteiger partial charge in [0.05, 0.1) is 23.7 Å². The molecular formula is C32H38ClFN4O8. The second-order valence-electron chi connectivity index (χ2n) is 11.7. The van der Waals surface area contributed by atoms with Gasteiger partial charge in [-0.3, -0.25) is 9.59 Å². The fourth-order valence-corrected chi connectivity index (χ4v) is 6.36. The topological polar surface area (TPSA) is 156 Å². The minimum atomic E-state index is -1.45. The predicted molar refractivity (Wildman–Crippen MR) is 166 cm³/mol. The molecule has 2 aromatic rings. The molecule has 3 N–H and O–H groups in total. The molecule has 1 saturated heterocycles. The maximum Gasteiger partial charge on any atom is 0.407 e. The summed E-state index contributed by atoms with van der Waals surface area (Å²) in [5.74, 6) is -1.84. The normalized spacial score (nSPS) is 27.3.